The number of rotatable bonds is 5. The lowest BCUT2D eigenvalue weighted by molar-refractivity contribution is 0.0995. The highest BCUT2D eigenvalue weighted by Crippen LogP contribution is 2.41. The van der Waals surface area contributed by atoms with Crippen LogP contribution in [0.2, 0.25) is 0 Å². The Kier molecular flexibility index (Phi) is 6.46. The van der Waals surface area contributed by atoms with Crippen LogP contribution in [0.4, 0.5) is 5.69 Å². The van der Waals surface area contributed by atoms with Crippen molar-refractivity contribution in [3.8, 4) is 5.88 Å². The summed E-state index contributed by atoms with van der Waals surface area (Å²) >= 11 is 3.50. The third-order valence-corrected chi connectivity index (χ3v) is 6.64. The number of piperidine rings is 1. The number of likely N-dealkylation sites (tertiary alicyclic amines) is 1. The fourth-order valence-electron chi connectivity index (χ4n) is 4.48. The van der Waals surface area contributed by atoms with Crippen molar-refractivity contribution < 1.29 is 9.90 Å². The summed E-state index contributed by atoms with van der Waals surface area (Å²) in [7, 11) is 0. The molecule has 8 nitrogen and oxygen atoms in total. The topological polar surface area (TPSA) is 96.0 Å². The molecule has 0 aliphatic carbocycles. The van der Waals surface area contributed by atoms with Crippen molar-refractivity contribution in [2.75, 3.05) is 6.54 Å². The standard InChI is InChI=1S/C25H23BrN6O2/c26-19-6-7-22-20(14-19)23(29-30-24(33)17-8-11-27-12-9-17)25(34)32(22)16-31-13-2-1-5-21(31)18-4-3-10-28-15-18/h3-4,6-12,14-15,21,34H,1-2,5,13,16H2/t21-/m0/s1. The molecular formula is C25H23BrN6O2. The Morgan fingerprint density at radius 1 is 1.12 bits per heavy atom. The van der Waals surface area contributed by atoms with Gasteiger partial charge in [0.15, 0.2) is 5.69 Å². The van der Waals surface area contributed by atoms with Gasteiger partial charge in [-0.1, -0.05) is 28.4 Å². The fraction of sp³-hybridized carbons (Fsp3) is 0.240. The highest BCUT2D eigenvalue weighted by atomic mass is 79.9. The van der Waals surface area contributed by atoms with Crippen LogP contribution in [-0.4, -0.2) is 37.0 Å². The molecule has 9 heteroatoms. The number of carbonyl (C=O) groups is 1. The molecule has 1 aliphatic rings. The van der Waals surface area contributed by atoms with Gasteiger partial charge in [0.1, 0.15) is 0 Å². The first kappa shape index (κ1) is 22.4. The van der Waals surface area contributed by atoms with Crippen LogP contribution in [0.25, 0.3) is 10.9 Å². The molecule has 172 valence electrons. The number of nitrogens with zero attached hydrogens (tertiary/aromatic N) is 6. The number of azo groups is 1. The minimum atomic E-state index is -0.495. The van der Waals surface area contributed by atoms with Gasteiger partial charge in [-0.2, -0.15) is 0 Å². The number of carbonyl (C=O) groups excluding carboxylic acids is 1. The predicted molar refractivity (Wildman–Crippen MR) is 132 cm³/mol. The van der Waals surface area contributed by atoms with E-state index in [0.717, 1.165) is 35.8 Å². The lowest BCUT2D eigenvalue weighted by Crippen LogP contribution is -2.34. The highest BCUT2D eigenvalue weighted by Gasteiger charge is 2.27. The van der Waals surface area contributed by atoms with Crippen molar-refractivity contribution >= 4 is 38.4 Å². The van der Waals surface area contributed by atoms with E-state index in [1.807, 2.05) is 35.0 Å². The molecule has 1 aromatic carbocycles. The van der Waals surface area contributed by atoms with E-state index in [1.54, 1.807) is 18.3 Å². The molecule has 1 fully saturated rings. The second-order valence-electron chi connectivity index (χ2n) is 8.25. The minimum absolute atomic E-state index is 0.0186. The third-order valence-electron chi connectivity index (χ3n) is 6.15. The van der Waals surface area contributed by atoms with Crippen molar-refractivity contribution in [2.24, 2.45) is 10.2 Å². The molecule has 1 aliphatic heterocycles. The fourth-order valence-corrected chi connectivity index (χ4v) is 4.84. The zero-order chi connectivity index (χ0) is 23.5. The number of halogens is 1. The average Bonchev–Trinajstić information content (AvgIpc) is 3.13. The highest BCUT2D eigenvalue weighted by molar-refractivity contribution is 9.10. The van der Waals surface area contributed by atoms with Crippen LogP contribution in [0.3, 0.4) is 0 Å². The largest absolute Gasteiger partial charge is 0.493 e. The summed E-state index contributed by atoms with van der Waals surface area (Å²) in [5, 5.41) is 20.0. The maximum atomic E-state index is 12.5. The molecule has 1 amide bonds. The van der Waals surface area contributed by atoms with Gasteiger partial charge in [0, 0.05) is 52.8 Å². The molecule has 1 N–H and O–H groups in total. The van der Waals surface area contributed by atoms with Crippen LogP contribution < -0.4 is 0 Å². The first-order valence-corrected chi connectivity index (χ1v) is 11.9. The van der Waals surface area contributed by atoms with Gasteiger partial charge >= 0.3 is 0 Å². The zero-order valence-corrected chi connectivity index (χ0v) is 20.0. The molecule has 34 heavy (non-hydrogen) atoms. The van der Waals surface area contributed by atoms with E-state index in [2.05, 4.69) is 47.1 Å². The molecule has 1 atom stereocenters. The number of fused-ring (bicyclic) bond motifs is 1. The van der Waals surface area contributed by atoms with E-state index in [9.17, 15) is 9.90 Å². The van der Waals surface area contributed by atoms with Crippen LogP contribution >= 0.6 is 15.9 Å². The summed E-state index contributed by atoms with van der Waals surface area (Å²) in [5.41, 5.74) is 2.65. The predicted octanol–water partition coefficient (Wildman–Crippen LogP) is 6.01. The number of amides is 1. The molecule has 5 rings (SSSR count). The van der Waals surface area contributed by atoms with Crippen LogP contribution in [0.1, 0.15) is 41.2 Å². The molecule has 4 heterocycles. The maximum Gasteiger partial charge on any atom is 0.295 e. The smallest absolute Gasteiger partial charge is 0.295 e. The van der Waals surface area contributed by atoms with Gasteiger partial charge in [0.05, 0.1) is 12.2 Å². The van der Waals surface area contributed by atoms with Crippen molar-refractivity contribution in [2.45, 2.75) is 32.0 Å². The first-order chi connectivity index (χ1) is 16.6. The van der Waals surface area contributed by atoms with Gasteiger partial charge in [0.2, 0.25) is 5.88 Å². The normalized spacial score (nSPS) is 16.9. The van der Waals surface area contributed by atoms with E-state index < -0.39 is 5.91 Å². The molecule has 0 unspecified atom stereocenters. The Balaban J connectivity index is 1.51. The van der Waals surface area contributed by atoms with Crippen molar-refractivity contribution in [3.63, 3.8) is 0 Å². The van der Waals surface area contributed by atoms with Crippen molar-refractivity contribution in [1.82, 2.24) is 19.4 Å². The average molecular weight is 519 g/mol. The van der Waals surface area contributed by atoms with Gasteiger partial charge in [-0.15, -0.1) is 10.2 Å². The van der Waals surface area contributed by atoms with Gasteiger partial charge in [0.25, 0.3) is 5.91 Å². The molecule has 1 saturated heterocycles. The Morgan fingerprint density at radius 3 is 2.76 bits per heavy atom. The molecule has 0 radical (unpaired) electrons. The number of hydrogen-bond donors (Lipinski definition) is 1. The zero-order valence-electron chi connectivity index (χ0n) is 18.4. The summed E-state index contributed by atoms with van der Waals surface area (Å²) in [4.78, 5) is 23.0. The number of aromatic nitrogens is 3. The van der Waals surface area contributed by atoms with E-state index in [0.29, 0.717) is 17.6 Å². The Morgan fingerprint density at radius 2 is 1.97 bits per heavy atom. The van der Waals surface area contributed by atoms with Crippen molar-refractivity contribution in [1.29, 1.82) is 0 Å². The Hall–Kier alpha value is -3.43. The van der Waals surface area contributed by atoms with E-state index >= 15 is 0 Å². The molecule has 4 aromatic rings. The maximum absolute atomic E-state index is 12.5. The van der Waals surface area contributed by atoms with Crippen LogP contribution in [0.15, 0.2) is 82.0 Å². The number of hydrogen-bond acceptors (Lipinski definition) is 6. The summed E-state index contributed by atoms with van der Waals surface area (Å²) in [6.07, 6.45) is 10.0. The number of pyridine rings is 2. The number of aromatic hydroxyl groups is 1. The molecule has 0 spiro atoms. The monoisotopic (exact) mass is 518 g/mol. The second kappa shape index (κ2) is 9.82. The van der Waals surface area contributed by atoms with Crippen LogP contribution in [-0.2, 0) is 6.67 Å². The second-order valence-corrected chi connectivity index (χ2v) is 9.17. The van der Waals surface area contributed by atoms with Crippen LogP contribution in [0.5, 0.6) is 5.88 Å². The minimum Gasteiger partial charge on any atom is -0.493 e. The summed E-state index contributed by atoms with van der Waals surface area (Å²) < 4.78 is 2.68. The van der Waals surface area contributed by atoms with Crippen molar-refractivity contribution in [3.05, 3.63) is 82.9 Å². The van der Waals surface area contributed by atoms with Gasteiger partial charge in [-0.3, -0.25) is 24.2 Å². The summed E-state index contributed by atoms with van der Waals surface area (Å²) in [6.45, 7) is 1.39. The van der Waals surface area contributed by atoms with Gasteiger partial charge < -0.3 is 5.11 Å². The first-order valence-electron chi connectivity index (χ1n) is 11.1. The Labute approximate surface area is 205 Å². The molecule has 3 aromatic heterocycles. The van der Waals surface area contributed by atoms with Gasteiger partial charge in [-0.05, 0) is 54.8 Å². The van der Waals surface area contributed by atoms with Crippen LogP contribution in [0, 0.1) is 0 Å². The molecule has 0 bridgehead atoms. The quantitative estimate of drug-likeness (QED) is 0.326. The Bertz CT molecular complexity index is 1340. The van der Waals surface area contributed by atoms with E-state index in [1.165, 1.54) is 18.0 Å². The SMILES string of the molecule is O=C(N=Nc1c(O)n(CN2CCCC[C@H]2c2cccnc2)c2ccc(Br)cc12)c1ccncc1. The lowest BCUT2D eigenvalue weighted by atomic mass is 9.97. The summed E-state index contributed by atoms with van der Waals surface area (Å²) in [5.74, 6) is -0.514. The van der Waals surface area contributed by atoms with Gasteiger partial charge in [-0.25, -0.2) is 0 Å². The number of benzene rings is 1. The van der Waals surface area contributed by atoms with E-state index in [-0.39, 0.29) is 17.6 Å². The molecular weight excluding hydrogens is 496 g/mol. The lowest BCUT2D eigenvalue weighted by Gasteiger charge is -2.36. The van der Waals surface area contributed by atoms with E-state index in [4.69, 9.17) is 0 Å². The molecule has 0 saturated carbocycles. The summed E-state index contributed by atoms with van der Waals surface area (Å²) in [6, 6.07) is 13.2. The third kappa shape index (κ3) is 4.49.